The van der Waals surface area contributed by atoms with Gasteiger partial charge in [-0.25, -0.2) is 0 Å². The molecule has 1 aromatic carbocycles. The number of aliphatic hydroxyl groups excluding tert-OH is 1. The van der Waals surface area contributed by atoms with Gasteiger partial charge in [0.25, 0.3) is 0 Å². The molecule has 4 nitrogen and oxygen atoms in total. The van der Waals surface area contributed by atoms with Gasteiger partial charge < -0.3 is 19.0 Å². The van der Waals surface area contributed by atoms with Crippen molar-refractivity contribution in [3.63, 3.8) is 0 Å². The minimum atomic E-state index is -0.938. The normalized spacial score (nSPS) is 16.5. The Morgan fingerprint density at radius 3 is 2.95 bits per heavy atom. The average Bonchev–Trinajstić information content (AvgIpc) is 2.98. The van der Waals surface area contributed by atoms with Crippen LogP contribution in [0.15, 0.2) is 28.9 Å². The molecular weight excluding hydrogens is 280 g/mol. The third-order valence-electron chi connectivity index (χ3n) is 3.85. The van der Waals surface area contributed by atoms with E-state index < -0.39 is 6.29 Å². The van der Waals surface area contributed by atoms with E-state index in [9.17, 15) is 5.11 Å². The van der Waals surface area contributed by atoms with E-state index in [-0.39, 0.29) is 0 Å². The van der Waals surface area contributed by atoms with Gasteiger partial charge in [0.2, 0.25) is 12.0 Å². The van der Waals surface area contributed by atoms with E-state index in [0.29, 0.717) is 23.7 Å². The minimum Gasteiger partial charge on any atom is -0.486 e. The molecule has 0 saturated carbocycles. The number of hydrogen-bond acceptors (Lipinski definition) is 4. The first kappa shape index (κ1) is 15.0. The Morgan fingerprint density at radius 1 is 1.23 bits per heavy atom. The molecule has 22 heavy (non-hydrogen) atoms. The van der Waals surface area contributed by atoms with Gasteiger partial charge in [0, 0.05) is 10.9 Å². The lowest BCUT2D eigenvalue weighted by Gasteiger charge is -2.20. The topological polar surface area (TPSA) is 51.8 Å². The zero-order valence-electron chi connectivity index (χ0n) is 12.9. The molecule has 4 heteroatoms. The van der Waals surface area contributed by atoms with Gasteiger partial charge in [-0.3, -0.25) is 0 Å². The van der Waals surface area contributed by atoms with E-state index in [4.69, 9.17) is 13.9 Å². The smallest absolute Gasteiger partial charge is 0.217 e. The van der Waals surface area contributed by atoms with Crippen LogP contribution in [-0.2, 0) is 0 Å². The zero-order valence-corrected chi connectivity index (χ0v) is 12.9. The fourth-order valence-electron chi connectivity index (χ4n) is 2.69. The maximum absolute atomic E-state index is 9.68. The second-order valence-electron chi connectivity index (χ2n) is 5.59. The number of furan rings is 1. The highest BCUT2D eigenvalue weighted by Crippen LogP contribution is 2.42. The molecule has 2 aromatic rings. The Kier molecular flexibility index (Phi) is 4.68. The van der Waals surface area contributed by atoms with Crippen molar-refractivity contribution < 1.29 is 19.0 Å². The number of unbranched alkanes of at least 4 members (excludes halogenated alkanes) is 4. The minimum absolute atomic E-state index is 0.561. The molecule has 0 spiro atoms. The number of benzene rings is 1. The highest BCUT2D eigenvalue weighted by Gasteiger charge is 2.22. The number of hydrogen-bond donors (Lipinski definition) is 1. The second-order valence-corrected chi connectivity index (χ2v) is 5.59. The first-order chi connectivity index (χ1) is 10.8. The van der Waals surface area contributed by atoms with Crippen molar-refractivity contribution in [2.75, 3.05) is 6.61 Å². The van der Waals surface area contributed by atoms with E-state index in [1.54, 1.807) is 12.3 Å². The highest BCUT2D eigenvalue weighted by atomic mass is 16.6. The molecule has 1 unspecified atom stereocenters. The van der Waals surface area contributed by atoms with Gasteiger partial charge in [-0.2, -0.15) is 0 Å². The standard InChI is InChI=1S/C18H22O4/c1-2-3-4-5-6-10-20-18-16-14(9-11-21-16)12-13-7-8-15(19)22-17(13)18/h7-9,11-12,15,19H,2-6,10H2,1H3. The summed E-state index contributed by atoms with van der Waals surface area (Å²) < 4.78 is 17.0. The number of rotatable bonds is 7. The summed E-state index contributed by atoms with van der Waals surface area (Å²) in [5.74, 6) is 1.15. The molecule has 0 aliphatic carbocycles. The van der Waals surface area contributed by atoms with Crippen LogP contribution in [0.5, 0.6) is 11.5 Å². The third kappa shape index (κ3) is 3.12. The SMILES string of the molecule is CCCCCCCOc1c2c(cc3ccoc13)C=CC(O)O2. The lowest BCUT2D eigenvalue weighted by atomic mass is 10.1. The summed E-state index contributed by atoms with van der Waals surface area (Å²) in [6, 6.07) is 3.88. The molecule has 1 aromatic heterocycles. The molecule has 1 N–H and O–H groups in total. The van der Waals surface area contributed by atoms with Crippen LogP contribution < -0.4 is 9.47 Å². The first-order valence-corrected chi connectivity index (χ1v) is 7.99. The number of fused-ring (bicyclic) bond motifs is 2. The molecule has 0 amide bonds. The van der Waals surface area contributed by atoms with Gasteiger partial charge in [-0.15, -0.1) is 0 Å². The first-order valence-electron chi connectivity index (χ1n) is 7.99. The van der Waals surface area contributed by atoms with Crippen LogP contribution in [0.3, 0.4) is 0 Å². The molecule has 1 atom stereocenters. The Balaban J connectivity index is 1.77. The molecule has 0 radical (unpaired) electrons. The largest absolute Gasteiger partial charge is 0.486 e. The lowest BCUT2D eigenvalue weighted by Crippen LogP contribution is -2.16. The van der Waals surface area contributed by atoms with Gasteiger partial charge in [0.05, 0.1) is 12.9 Å². The average molecular weight is 302 g/mol. The Labute approximate surface area is 130 Å². The molecule has 1 aliphatic heterocycles. The van der Waals surface area contributed by atoms with Crippen molar-refractivity contribution in [3.05, 3.63) is 30.0 Å². The highest BCUT2D eigenvalue weighted by molar-refractivity contribution is 5.90. The summed E-state index contributed by atoms with van der Waals surface area (Å²) >= 11 is 0. The van der Waals surface area contributed by atoms with Crippen molar-refractivity contribution in [1.82, 2.24) is 0 Å². The van der Waals surface area contributed by atoms with E-state index in [1.165, 1.54) is 19.3 Å². The fourth-order valence-corrected chi connectivity index (χ4v) is 2.69. The van der Waals surface area contributed by atoms with Gasteiger partial charge in [-0.1, -0.05) is 32.6 Å². The molecular formula is C18H22O4. The molecule has 0 bridgehead atoms. The van der Waals surface area contributed by atoms with Gasteiger partial charge in [-0.05, 0) is 30.7 Å². The molecule has 3 rings (SSSR count). The third-order valence-corrected chi connectivity index (χ3v) is 3.85. The van der Waals surface area contributed by atoms with E-state index in [1.807, 2.05) is 18.2 Å². The predicted molar refractivity (Wildman–Crippen MR) is 86.1 cm³/mol. The Bertz CT molecular complexity index is 656. The summed E-state index contributed by atoms with van der Waals surface area (Å²) in [6.45, 7) is 2.83. The van der Waals surface area contributed by atoms with Crippen molar-refractivity contribution >= 4 is 17.0 Å². The van der Waals surface area contributed by atoms with Gasteiger partial charge in [0.1, 0.15) is 0 Å². The lowest BCUT2D eigenvalue weighted by molar-refractivity contribution is 0.0205. The molecule has 118 valence electrons. The van der Waals surface area contributed by atoms with Crippen LogP contribution in [-0.4, -0.2) is 18.0 Å². The number of aliphatic hydroxyl groups is 1. The predicted octanol–water partition coefficient (Wildman–Crippen LogP) is 4.51. The van der Waals surface area contributed by atoms with Crippen LogP contribution in [0, 0.1) is 0 Å². The second kappa shape index (κ2) is 6.88. The Hall–Kier alpha value is -1.94. The number of ether oxygens (including phenoxy) is 2. The molecule has 1 aliphatic rings. The monoisotopic (exact) mass is 302 g/mol. The molecule has 0 fully saturated rings. The summed E-state index contributed by atoms with van der Waals surface area (Å²) in [5, 5.41) is 10.7. The zero-order chi connectivity index (χ0) is 15.4. The van der Waals surface area contributed by atoms with Crippen molar-refractivity contribution in [2.24, 2.45) is 0 Å². The van der Waals surface area contributed by atoms with Crippen molar-refractivity contribution in [1.29, 1.82) is 0 Å². The summed E-state index contributed by atoms with van der Waals surface area (Å²) in [6.07, 6.45) is 10.1. The van der Waals surface area contributed by atoms with Crippen molar-refractivity contribution in [3.8, 4) is 11.5 Å². The van der Waals surface area contributed by atoms with Crippen LogP contribution in [0.1, 0.15) is 44.6 Å². The van der Waals surface area contributed by atoms with E-state index in [0.717, 1.165) is 23.8 Å². The molecule has 0 saturated heterocycles. The van der Waals surface area contributed by atoms with Crippen LogP contribution in [0.4, 0.5) is 0 Å². The van der Waals surface area contributed by atoms with Gasteiger partial charge >= 0.3 is 0 Å². The maximum Gasteiger partial charge on any atom is 0.217 e. The quantitative estimate of drug-likeness (QED) is 0.765. The van der Waals surface area contributed by atoms with Gasteiger partial charge in [0.15, 0.2) is 11.3 Å². The summed E-state index contributed by atoms with van der Waals surface area (Å²) in [4.78, 5) is 0. The summed E-state index contributed by atoms with van der Waals surface area (Å²) in [5.41, 5.74) is 1.58. The van der Waals surface area contributed by atoms with E-state index in [2.05, 4.69) is 6.92 Å². The van der Waals surface area contributed by atoms with Crippen LogP contribution in [0.2, 0.25) is 0 Å². The Morgan fingerprint density at radius 2 is 2.09 bits per heavy atom. The van der Waals surface area contributed by atoms with Crippen molar-refractivity contribution in [2.45, 2.75) is 45.3 Å². The van der Waals surface area contributed by atoms with Crippen LogP contribution in [0.25, 0.3) is 17.0 Å². The maximum atomic E-state index is 9.68. The van der Waals surface area contributed by atoms with Crippen LogP contribution >= 0.6 is 0 Å². The van der Waals surface area contributed by atoms with E-state index >= 15 is 0 Å². The fraction of sp³-hybridized carbons (Fsp3) is 0.444. The summed E-state index contributed by atoms with van der Waals surface area (Å²) in [7, 11) is 0. The molecule has 2 heterocycles.